The van der Waals surface area contributed by atoms with Crippen LogP contribution in [0.1, 0.15) is 0 Å². The molecular formula is C14H12Zr. The van der Waals surface area contributed by atoms with Gasteiger partial charge in [0.1, 0.15) is 0 Å². The minimum absolute atomic E-state index is 0. The van der Waals surface area contributed by atoms with Gasteiger partial charge in [0.2, 0.25) is 0 Å². The summed E-state index contributed by atoms with van der Waals surface area (Å²) in [5, 5.41) is 0. The molecule has 0 aliphatic heterocycles. The number of hydrogen-bond acceptors (Lipinski definition) is 0. The standard InChI is InChI=1S/2C5H5.C4H2.Zr/c2*1-2-4-5-3-1;1-3-4-2;/h2*1-5H;1-2H;/q2*-1;-2;+4. The van der Waals surface area contributed by atoms with Crippen molar-refractivity contribution >= 4 is 0 Å². The topological polar surface area (TPSA) is 0 Å². The Hall–Kier alpha value is -1.12. The van der Waals surface area contributed by atoms with E-state index in [1.807, 2.05) is 72.1 Å². The smallest absolute Gasteiger partial charge is 0.537 e. The fourth-order valence-electron chi connectivity index (χ4n) is 0.642. The van der Waals surface area contributed by atoms with Crippen molar-refractivity contribution in [1.82, 2.24) is 0 Å². The third-order valence-corrected chi connectivity index (χ3v) is 1.19. The Bertz CT molecular complexity index is 260. The first-order chi connectivity index (χ1) is 6.91. The molecule has 2 aromatic rings. The third-order valence-electron chi connectivity index (χ3n) is 1.19. The average molecular weight is 271 g/mol. The van der Waals surface area contributed by atoms with Crippen LogP contribution in [0.15, 0.2) is 72.1 Å². The molecule has 0 atom stereocenters. The predicted molar refractivity (Wildman–Crippen MR) is 59.7 cm³/mol. The van der Waals surface area contributed by atoms with Crippen LogP contribution in [0.4, 0.5) is 0 Å². The minimum Gasteiger partial charge on any atom is -0.537 e. The van der Waals surface area contributed by atoms with E-state index in [1.54, 1.807) is 0 Å². The van der Waals surface area contributed by atoms with Crippen LogP contribution in [0, 0.1) is 13.2 Å². The van der Waals surface area contributed by atoms with E-state index < -0.39 is 0 Å². The molecule has 0 aliphatic rings. The second-order valence-electron chi connectivity index (χ2n) is 2.21. The van der Waals surface area contributed by atoms with Crippen LogP contribution in [0.5, 0.6) is 0 Å². The Morgan fingerprint density at radius 2 is 0.933 bits per heavy atom. The molecule has 0 aromatic heterocycles. The molecule has 0 unspecified atom stereocenters. The summed E-state index contributed by atoms with van der Waals surface area (Å²) in [4.78, 5) is 0. The molecule has 0 nitrogen and oxygen atoms in total. The first-order valence-corrected chi connectivity index (χ1v) is 4.16. The molecule has 0 bridgehead atoms. The second-order valence-corrected chi connectivity index (χ2v) is 2.21. The van der Waals surface area contributed by atoms with E-state index in [0.717, 1.165) is 0 Å². The Balaban J connectivity index is 0. The van der Waals surface area contributed by atoms with Crippen LogP contribution < -0.4 is 0 Å². The summed E-state index contributed by atoms with van der Waals surface area (Å²) in [5.41, 5.74) is 3.92. The summed E-state index contributed by atoms with van der Waals surface area (Å²) < 4.78 is 0. The van der Waals surface area contributed by atoms with Gasteiger partial charge in [-0.3, -0.25) is 0 Å². The van der Waals surface area contributed by atoms with Crippen molar-refractivity contribution < 1.29 is 26.2 Å². The van der Waals surface area contributed by atoms with E-state index in [0.29, 0.717) is 0 Å². The summed E-state index contributed by atoms with van der Waals surface area (Å²) >= 11 is 0. The summed E-state index contributed by atoms with van der Waals surface area (Å²) in [7, 11) is 0. The number of rotatable bonds is 0. The van der Waals surface area contributed by atoms with Gasteiger partial charge in [-0.25, -0.2) is 24.3 Å². The maximum Gasteiger partial charge on any atom is 4.00 e. The van der Waals surface area contributed by atoms with Crippen LogP contribution in [0.25, 0.3) is 0 Å². The van der Waals surface area contributed by atoms with Crippen molar-refractivity contribution in [2.24, 2.45) is 0 Å². The maximum absolute atomic E-state index is 4.54. The molecular weight excluding hydrogens is 259 g/mol. The molecule has 0 fully saturated rings. The van der Waals surface area contributed by atoms with Crippen LogP contribution in [0.3, 0.4) is 0 Å². The van der Waals surface area contributed by atoms with E-state index in [9.17, 15) is 0 Å². The van der Waals surface area contributed by atoms with Gasteiger partial charge >= 0.3 is 26.2 Å². The average Bonchev–Trinajstić information content (AvgIpc) is 2.94. The molecule has 72 valence electrons. The van der Waals surface area contributed by atoms with Crippen molar-refractivity contribution in [3.63, 3.8) is 0 Å². The van der Waals surface area contributed by atoms with Gasteiger partial charge < -0.3 is 24.6 Å². The Kier molecular flexibility index (Phi) is 16.7. The van der Waals surface area contributed by atoms with Crippen molar-refractivity contribution in [2.45, 2.75) is 0 Å². The largest absolute Gasteiger partial charge is 4.00 e. The zero-order valence-electron chi connectivity index (χ0n) is 8.43. The predicted octanol–water partition coefficient (Wildman–Crippen LogP) is 3.53. The van der Waals surface area contributed by atoms with Gasteiger partial charge in [0, 0.05) is 0 Å². The van der Waals surface area contributed by atoms with E-state index >= 15 is 0 Å². The van der Waals surface area contributed by atoms with Crippen LogP contribution in [0.2, 0.25) is 0 Å². The molecule has 0 heterocycles. The third kappa shape index (κ3) is 15.6. The monoisotopic (exact) mass is 270 g/mol. The SMILES string of the molecule is [CH-]=C=C=[CH-].[Zr+4].c1cc[cH-]c1.c1cc[cH-]c1. The van der Waals surface area contributed by atoms with Gasteiger partial charge in [-0.05, 0) is 0 Å². The molecule has 0 N–H and O–H groups in total. The Labute approximate surface area is 111 Å². The van der Waals surface area contributed by atoms with Gasteiger partial charge in [-0.1, -0.05) is 0 Å². The molecule has 0 radical (unpaired) electrons. The molecule has 15 heavy (non-hydrogen) atoms. The van der Waals surface area contributed by atoms with Crippen molar-refractivity contribution in [2.75, 3.05) is 0 Å². The van der Waals surface area contributed by atoms with E-state index in [4.69, 9.17) is 0 Å². The molecule has 0 amide bonds. The summed E-state index contributed by atoms with van der Waals surface area (Å²) in [5.74, 6) is 0. The fraction of sp³-hybridized carbons (Fsp3) is 0. The fourth-order valence-corrected chi connectivity index (χ4v) is 0.642. The minimum atomic E-state index is 0. The molecule has 2 rings (SSSR count). The Morgan fingerprint density at radius 1 is 0.667 bits per heavy atom. The summed E-state index contributed by atoms with van der Waals surface area (Å²) in [6.07, 6.45) is 0. The van der Waals surface area contributed by atoms with Gasteiger partial charge in [-0.2, -0.15) is 36.4 Å². The van der Waals surface area contributed by atoms with E-state index in [-0.39, 0.29) is 26.2 Å². The number of hydrogen-bond donors (Lipinski definition) is 0. The molecule has 0 spiro atoms. The van der Waals surface area contributed by atoms with Crippen molar-refractivity contribution in [1.29, 1.82) is 0 Å². The zero-order chi connectivity index (χ0) is 10.5. The van der Waals surface area contributed by atoms with Crippen LogP contribution in [-0.4, -0.2) is 0 Å². The first-order valence-electron chi connectivity index (χ1n) is 4.16. The molecule has 0 saturated carbocycles. The van der Waals surface area contributed by atoms with E-state index in [2.05, 4.69) is 13.2 Å². The normalized spacial score (nSPS) is 6.13. The molecule has 1 heteroatoms. The second kappa shape index (κ2) is 15.4. The van der Waals surface area contributed by atoms with Crippen molar-refractivity contribution in [3.05, 3.63) is 85.3 Å². The quantitative estimate of drug-likeness (QED) is 0.508. The molecule has 0 saturated heterocycles. The summed E-state index contributed by atoms with van der Waals surface area (Å²) in [6, 6.07) is 20.0. The van der Waals surface area contributed by atoms with Gasteiger partial charge in [-0.15, -0.1) is 0 Å². The Morgan fingerprint density at radius 3 is 1.00 bits per heavy atom. The molecule has 0 aliphatic carbocycles. The van der Waals surface area contributed by atoms with Gasteiger partial charge in [0.15, 0.2) is 0 Å². The van der Waals surface area contributed by atoms with Crippen LogP contribution in [-0.2, 0) is 26.2 Å². The van der Waals surface area contributed by atoms with Gasteiger partial charge in [0.25, 0.3) is 0 Å². The van der Waals surface area contributed by atoms with E-state index in [1.165, 1.54) is 0 Å². The van der Waals surface area contributed by atoms with Crippen LogP contribution >= 0.6 is 0 Å². The first kappa shape index (κ1) is 16.3. The van der Waals surface area contributed by atoms with Crippen molar-refractivity contribution in [3.8, 4) is 0 Å². The summed E-state index contributed by atoms with van der Waals surface area (Å²) in [6.45, 7) is 9.08. The zero-order valence-corrected chi connectivity index (χ0v) is 10.9. The molecule has 2 aromatic carbocycles. The maximum atomic E-state index is 4.54. The van der Waals surface area contributed by atoms with Gasteiger partial charge in [0.05, 0.1) is 0 Å².